The van der Waals surface area contributed by atoms with Crippen LogP contribution < -0.4 is 0 Å². The van der Waals surface area contributed by atoms with Gasteiger partial charge in [0.15, 0.2) is 0 Å². The van der Waals surface area contributed by atoms with Crippen LogP contribution in [0.15, 0.2) is 22.3 Å². The molecular weight excluding hydrogens is 182 g/mol. The molecule has 1 N–H and O–H groups in total. The lowest BCUT2D eigenvalue weighted by atomic mass is 9.92. The Balaban J connectivity index is 2.47. The molecule has 2 saturated carbocycles. The molecule has 82 valence electrons. The summed E-state index contributed by atoms with van der Waals surface area (Å²) in [6, 6.07) is 0. The third-order valence-corrected chi connectivity index (χ3v) is 4.07. The molecule has 1 nitrogen and oxygen atoms in total. The van der Waals surface area contributed by atoms with E-state index in [0.29, 0.717) is 0 Å². The SMILES string of the molecule is CC(C)=C1CC2CCCC2/C1=C(\C)C=N. The van der Waals surface area contributed by atoms with E-state index in [1.165, 1.54) is 42.4 Å². The Morgan fingerprint density at radius 1 is 1.27 bits per heavy atom. The monoisotopic (exact) mass is 203 g/mol. The second kappa shape index (κ2) is 3.96. The third-order valence-electron chi connectivity index (χ3n) is 4.07. The van der Waals surface area contributed by atoms with Gasteiger partial charge in [0.1, 0.15) is 0 Å². The number of fused-ring (bicyclic) bond motifs is 1. The molecule has 2 aliphatic rings. The molecule has 0 bridgehead atoms. The van der Waals surface area contributed by atoms with Gasteiger partial charge in [0, 0.05) is 6.21 Å². The molecule has 0 saturated heterocycles. The fourth-order valence-corrected chi connectivity index (χ4v) is 3.34. The van der Waals surface area contributed by atoms with Crippen molar-refractivity contribution in [3.8, 4) is 0 Å². The van der Waals surface area contributed by atoms with Crippen LogP contribution in [-0.4, -0.2) is 6.21 Å². The van der Waals surface area contributed by atoms with Crippen molar-refractivity contribution in [3.63, 3.8) is 0 Å². The number of allylic oxidation sites excluding steroid dienone is 4. The zero-order valence-corrected chi connectivity index (χ0v) is 10.1. The molecule has 15 heavy (non-hydrogen) atoms. The minimum atomic E-state index is 0.775. The number of rotatable bonds is 1. The highest BCUT2D eigenvalue weighted by atomic mass is 14.4. The molecular formula is C14H21N. The maximum absolute atomic E-state index is 7.45. The van der Waals surface area contributed by atoms with Gasteiger partial charge in [-0.1, -0.05) is 12.0 Å². The summed E-state index contributed by atoms with van der Waals surface area (Å²) in [6.45, 7) is 6.53. The number of hydrogen-bond acceptors (Lipinski definition) is 1. The summed E-state index contributed by atoms with van der Waals surface area (Å²) >= 11 is 0. The smallest absolute Gasteiger partial charge is 0.0209 e. The first-order valence-corrected chi connectivity index (χ1v) is 6.03. The molecule has 0 heterocycles. The van der Waals surface area contributed by atoms with E-state index < -0.39 is 0 Å². The molecule has 2 rings (SSSR count). The molecule has 1 heteroatoms. The largest absolute Gasteiger partial charge is 0.308 e. The summed E-state index contributed by atoms with van der Waals surface area (Å²) < 4.78 is 0. The molecule has 0 aromatic heterocycles. The lowest BCUT2D eigenvalue weighted by Gasteiger charge is -2.13. The Morgan fingerprint density at radius 3 is 2.60 bits per heavy atom. The van der Waals surface area contributed by atoms with Crippen molar-refractivity contribution in [2.75, 3.05) is 0 Å². The van der Waals surface area contributed by atoms with Gasteiger partial charge in [-0.25, -0.2) is 0 Å². The summed E-state index contributed by atoms with van der Waals surface area (Å²) in [7, 11) is 0. The van der Waals surface area contributed by atoms with E-state index in [4.69, 9.17) is 5.41 Å². The second-order valence-electron chi connectivity index (χ2n) is 5.22. The van der Waals surface area contributed by atoms with Crippen LogP contribution in [0.4, 0.5) is 0 Å². The molecule has 0 aromatic carbocycles. The lowest BCUT2D eigenvalue weighted by molar-refractivity contribution is 0.496. The Hall–Kier alpha value is -0.850. The van der Waals surface area contributed by atoms with E-state index in [1.54, 1.807) is 11.8 Å². The van der Waals surface area contributed by atoms with E-state index in [9.17, 15) is 0 Å². The van der Waals surface area contributed by atoms with Crippen LogP contribution >= 0.6 is 0 Å². The molecule has 2 unspecified atom stereocenters. The quantitative estimate of drug-likeness (QED) is 0.620. The van der Waals surface area contributed by atoms with Crippen LogP contribution in [0.25, 0.3) is 0 Å². The fraction of sp³-hybridized carbons (Fsp3) is 0.643. The summed E-state index contributed by atoms with van der Waals surface area (Å²) in [6.07, 6.45) is 6.95. The zero-order chi connectivity index (χ0) is 11.0. The first-order valence-electron chi connectivity index (χ1n) is 6.03. The van der Waals surface area contributed by atoms with Gasteiger partial charge in [0.05, 0.1) is 0 Å². The second-order valence-corrected chi connectivity index (χ2v) is 5.22. The molecule has 0 aromatic rings. The lowest BCUT2D eigenvalue weighted by Crippen LogP contribution is -2.02. The van der Waals surface area contributed by atoms with Gasteiger partial charge in [0.25, 0.3) is 0 Å². The van der Waals surface area contributed by atoms with E-state index in [0.717, 1.165) is 11.8 Å². The van der Waals surface area contributed by atoms with E-state index in [-0.39, 0.29) is 0 Å². The zero-order valence-electron chi connectivity index (χ0n) is 10.1. The van der Waals surface area contributed by atoms with Crippen LogP contribution in [0.1, 0.15) is 46.5 Å². The van der Waals surface area contributed by atoms with Crippen LogP contribution in [0.5, 0.6) is 0 Å². The van der Waals surface area contributed by atoms with Crippen molar-refractivity contribution in [3.05, 3.63) is 22.3 Å². The van der Waals surface area contributed by atoms with Crippen molar-refractivity contribution in [2.45, 2.75) is 46.5 Å². The van der Waals surface area contributed by atoms with E-state index >= 15 is 0 Å². The standard InChI is InChI=1S/C14H21N/c1-9(2)13-7-11-5-4-6-12(11)14(13)10(3)8-15/h8,11-12,15H,4-7H2,1-3H3/b14-10-,15-8?. The average molecular weight is 203 g/mol. The molecule has 0 aliphatic heterocycles. The van der Waals surface area contributed by atoms with Gasteiger partial charge < -0.3 is 5.41 Å². The molecule has 0 amide bonds. The first kappa shape index (κ1) is 10.7. The Kier molecular flexibility index (Phi) is 2.81. The highest BCUT2D eigenvalue weighted by Gasteiger charge is 2.39. The van der Waals surface area contributed by atoms with Crippen LogP contribution in [-0.2, 0) is 0 Å². The minimum Gasteiger partial charge on any atom is -0.308 e. The van der Waals surface area contributed by atoms with Crippen LogP contribution in [0, 0.1) is 17.2 Å². The summed E-state index contributed by atoms with van der Waals surface area (Å²) in [5.74, 6) is 1.66. The fourth-order valence-electron chi connectivity index (χ4n) is 3.34. The molecule has 2 fully saturated rings. The van der Waals surface area contributed by atoms with Gasteiger partial charge in [-0.3, -0.25) is 0 Å². The van der Waals surface area contributed by atoms with Gasteiger partial charge in [-0.05, 0) is 68.6 Å². The van der Waals surface area contributed by atoms with Crippen molar-refractivity contribution >= 4 is 6.21 Å². The van der Waals surface area contributed by atoms with Crippen LogP contribution in [0.2, 0.25) is 0 Å². The minimum absolute atomic E-state index is 0.775. The number of hydrogen-bond donors (Lipinski definition) is 1. The third kappa shape index (κ3) is 1.68. The Labute approximate surface area is 92.8 Å². The van der Waals surface area contributed by atoms with E-state index in [2.05, 4.69) is 20.8 Å². The van der Waals surface area contributed by atoms with Gasteiger partial charge >= 0.3 is 0 Å². The van der Waals surface area contributed by atoms with Crippen LogP contribution in [0.3, 0.4) is 0 Å². The highest BCUT2D eigenvalue weighted by molar-refractivity contribution is 5.78. The Morgan fingerprint density at radius 2 is 2.00 bits per heavy atom. The predicted octanol–water partition coefficient (Wildman–Crippen LogP) is 4.11. The highest BCUT2D eigenvalue weighted by Crippen LogP contribution is 2.51. The first-order chi connectivity index (χ1) is 7.15. The molecule has 2 atom stereocenters. The topological polar surface area (TPSA) is 23.9 Å². The molecule has 0 spiro atoms. The predicted molar refractivity (Wildman–Crippen MR) is 65.3 cm³/mol. The van der Waals surface area contributed by atoms with Gasteiger partial charge in [-0.2, -0.15) is 0 Å². The molecule has 0 radical (unpaired) electrons. The van der Waals surface area contributed by atoms with Crippen molar-refractivity contribution in [2.24, 2.45) is 11.8 Å². The average Bonchev–Trinajstić information content (AvgIpc) is 2.74. The van der Waals surface area contributed by atoms with Crippen molar-refractivity contribution in [1.29, 1.82) is 5.41 Å². The molecule has 2 aliphatic carbocycles. The van der Waals surface area contributed by atoms with Crippen molar-refractivity contribution in [1.82, 2.24) is 0 Å². The van der Waals surface area contributed by atoms with Gasteiger partial charge in [0.2, 0.25) is 0 Å². The van der Waals surface area contributed by atoms with E-state index in [1.807, 2.05) is 0 Å². The Bertz CT molecular complexity index is 342. The van der Waals surface area contributed by atoms with Gasteiger partial charge in [-0.15, -0.1) is 0 Å². The summed E-state index contributed by atoms with van der Waals surface area (Å²) in [4.78, 5) is 0. The normalized spacial score (nSPS) is 32.9. The maximum atomic E-state index is 7.45. The van der Waals surface area contributed by atoms with Crippen molar-refractivity contribution < 1.29 is 0 Å². The number of nitrogens with one attached hydrogen (secondary N) is 1. The summed E-state index contributed by atoms with van der Waals surface area (Å²) in [5, 5.41) is 7.45. The maximum Gasteiger partial charge on any atom is 0.0209 e. The summed E-state index contributed by atoms with van der Waals surface area (Å²) in [5.41, 5.74) is 5.74.